The summed E-state index contributed by atoms with van der Waals surface area (Å²) in [4.78, 5) is 45.7. The first-order valence-electron chi connectivity index (χ1n) is 13.8. The smallest absolute Gasteiger partial charge is 0.249 e. The molecule has 0 radical (unpaired) electrons. The molecule has 0 aromatic heterocycles. The quantitative estimate of drug-likeness (QED) is 0.469. The van der Waals surface area contributed by atoms with Crippen LogP contribution in [0.5, 0.6) is 0 Å². The second-order valence-corrected chi connectivity index (χ2v) is 11.6. The maximum Gasteiger partial charge on any atom is 0.249 e. The summed E-state index contributed by atoms with van der Waals surface area (Å²) in [5, 5.41) is 12.8. The second kappa shape index (κ2) is 13.6. The first kappa shape index (κ1) is 30.3. The van der Waals surface area contributed by atoms with Crippen LogP contribution in [0.15, 0.2) is 11.6 Å². The largest absolute Gasteiger partial charge is 0.393 e. The minimum atomic E-state index is -0.632. The number of carbonyl (C=O) groups excluding carboxylic acids is 3. The topological polar surface area (TPSA) is 93.2 Å². The summed E-state index contributed by atoms with van der Waals surface area (Å²) >= 11 is 0. The number of aliphatic hydroxyl groups is 1. The molecule has 2 N–H and O–H groups in total. The van der Waals surface area contributed by atoms with Crippen molar-refractivity contribution in [3.8, 4) is 0 Å². The summed E-state index contributed by atoms with van der Waals surface area (Å²) in [6.45, 7) is 16.0. The molecule has 2 fully saturated rings. The fraction of sp³-hybridized carbons (Fsp3) is 0.821. The third-order valence-corrected chi connectivity index (χ3v) is 7.73. The third-order valence-electron chi connectivity index (χ3n) is 7.73. The van der Waals surface area contributed by atoms with E-state index in [4.69, 9.17) is 0 Å². The summed E-state index contributed by atoms with van der Waals surface area (Å²) in [5.74, 6) is -0.240. The Morgan fingerprint density at radius 1 is 0.944 bits per heavy atom. The van der Waals surface area contributed by atoms with Crippen LogP contribution in [0.4, 0.5) is 0 Å². The van der Waals surface area contributed by atoms with Crippen LogP contribution in [0.2, 0.25) is 0 Å². The number of rotatable bonds is 9. The minimum Gasteiger partial charge on any atom is -0.393 e. The molecule has 2 aliphatic rings. The van der Waals surface area contributed by atoms with Crippen LogP contribution in [0, 0.1) is 11.8 Å². The molecule has 8 nitrogen and oxygen atoms in total. The van der Waals surface area contributed by atoms with E-state index in [1.54, 1.807) is 23.8 Å². The standard InChI is InChI=1S/C28H50N4O4/c1-18(2)24(17-21(7)27(35)31-15-12-22(33)13-16-31)30(8)28(36)25(19(3)4)29-26(34)23-11-9-10-14-32(23)20(5)6/h17-20,22-25,33H,9-16H2,1-8H3,(H,29,34)/t23-,24-,25+/m1/s1. The van der Waals surface area contributed by atoms with E-state index < -0.39 is 6.04 Å². The third kappa shape index (κ3) is 7.78. The normalized spacial score (nSPS) is 22.2. The molecule has 206 valence electrons. The highest BCUT2D eigenvalue weighted by Gasteiger charge is 2.36. The number of amides is 3. The Labute approximate surface area is 218 Å². The van der Waals surface area contributed by atoms with Gasteiger partial charge in [0.25, 0.3) is 0 Å². The Morgan fingerprint density at radius 2 is 1.56 bits per heavy atom. The van der Waals surface area contributed by atoms with Crippen LogP contribution in [0.1, 0.15) is 80.6 Å². The lowest BCUT2D eigenvalue weighted by Crippen LogP contribution is -2.58. The van der Waals surface area contributed by atoms with Gasteiger partial charge in [-0.15, -0.1) is 0 Å². The summed E-state index contributed by atoms with van der Waals surface area (Å²) in [7, 11) is 1.76. The molecule has 0 unspecified atom stereocenters. The van der Waals surface area contributed by atoms with E-state index in [2.05, 4.69) is 24.1 Å². The lowest BCUT2D eigenvalue weighted by atomic mass is 9.95. The molecule has 2 rings (SSSR count). The van der Waals surface area contributed by atoms with Gasteiger partial charge in [0, 0.05) is 31.8 Å². The Balaban J connectivity index is 2.16. The highest BCUT2D eigenvalue weighted by Crippen LogP contribution is 2.22. The van der Waals surface area contributed by atoms with Gasteiger partial charge in [-0.2, -0.15) is 0 Å². The summed E-state index contributed by atoms with van der Waals surface area (Å²) in [6, 6.07) is -0.845. The lowest BCUT2D eigenvalue weighted by molar-refractivity contribution is -0.140. The minimum absolute atomic E-state index is 0.0480. The van der Waals surface area contributed by atoms with Gasteiger partial charge in [0.15, 0.2) is 0 Å². The molecule has 0 bridgehead atoms. The zero-order valence-electron chi connectivity index (χ0n) is 23.8. The van der Waals surface area contributed by atoms with Gasteiger partial charge in [-0.3, -0.25) is 19.3 Å². The number of carbonyl (C=O) groups is 3. The highest BCUT2D eigenvalue weighted by molar-refractivity contribution is 5.93. The van der Waals surface area contributed by atoms with Gasteiger partial charge in [0.2, 0.25) is 17.7 Å². The zero-order valence-corrected chi connectivity index (χ0v) is 23.8. The van der Waals surface area contributed by atoms with E-state index in [1.807, 2.05) is 33.8 Å². The Hall–Kier alpha value is -1.93. The maximum atomic E-state index is 13.7. The molecule has 3 atom stereocenters. The van der Waals surface area contributed by atoms with Gasteiger partial charge in [-0.05, 0) is 64.8 Å². The first-order valence-corrected chi connectivity index (χ1v) is 13.8. The Bertz CT molecular complexity index is 786. The van der Waals surface area contributed by atoms with Crippen molar-refractivity contribution in [3.63, 3.8) is 0 Å². The fourth-order valence-electron chi connectivity index (χ4n) is 5.38. The molecular weight excluding hydrogens is 456 g/mol. The van der Waals surface area contributed by atoms with E-state index in [-0.39, 0.29) is 53.8 Å². The molecule has 36 heavy (non-hydrogen) atoms. The van der Waals surface area contributed by atoms with Gasteiger partial charge in [0.05, 0.1) is 18.2 Å². The predicted molar refractivity (Wildman–Crippen MR) is 143 cm³/mol. The van der Waals surface area contributed by atoms with Gasteiger partial charge in [-0.25, -0.2) is 0 Å². The molecule has 2 saturated heterocycles. The van der Waals surface area contributed by atoms with E-state index in [9.17, 15) is 19.5 Å². The lowest BCUT2D eigenvalue weighted by Gasteiger charge is -2.39. The number of likely N-dealkylation sites (N-methyl/N-ethyl adjacent to an activating group) is 1. The Kier molecular flexibility index (Phi) is 11.4. The number of piperidine rings is 2. The highest BCUT2D eigenvalue weighted by atomic mass is 16.3. The predicted octanol–water partition coefficient (Wildman–Crippen LogP) is 2.80. The average Bonchev–Trinajstić information content (AvgIpc) is 2.84. The molecule has 2 aliphatic heterocycles. The van der Waals surface area contributed by atoms with Gasteiger partial charge >= 0.3 is 0 Å². The zero-order chi connectivity index (χ0) is 27.2. The van der Waals surface area contributed by atoms with Crippen LogP contribution in [-0.2, 0) is 14.4 Å². The van der Waals surface area contributed by atoms with Crippen molar-refractivity contribution < 1.29 is 19.5 Å². The van der Waals surface area contributed by atoms with Crippen LogP contribution >= 0.6 is 0 Å². The van der Waals surface area contributed by atoms with E-state index in [1.165, 1.54) is 0 Å². The number of hydrogen-bond donors (Lipinski definition) is 2. The molecule has 8 heteroatoms. The molecule has 0 aromatic rings. The number of nitrogens with zero attached hydrogens (tertiary/aromatic N) is 3. The Morgan fingerprint density at radius 3 is 2.08 bits per heavy atom. The maximum absolute atomic E-state index is 13.7. The number of nitrogens with one attached hydrogen (secondary N) is 1. The molecule has 2 heterocycles. The molecule has 0 saturated carbocycles. The fourth-order valence-corrected chi connectivity index (χ4v) is 5.38. The summed E-state index contributed by atoms with van der Waals surface area (Å²) in [6.07, 6.45) is 5.66. The van der Waals surface area contributed by atoms with Crippen LogP contribution in [-0.4, -0.2) is 94.5 Å². The summed E-state index contributed by atoms with van der Waals surface area (Å²) < 4.78 is 0. The molecule has 0 aromatic carbocycles. The van der Waals surface area contributed by atoms with Crippen LogP contribution in [0.3, 0.4) is 0 Å². The van der Waals surface area contributed by atoms with Crippen LogP contribution < -0.4 is 5.32 Å². The van der Waals surface area contributed by atoms with Crippen molar-refractivity contribution in [1.29, 1.82) is 0 Å². The summed E-state index contributed by atoms with van der Waals surface area (Å²) in [5.41, 5.74) is 0.602. The average molecular weight is 507 g/mol. The molecule has 0 aliphatic carbocycles. The van der Waals surface area contributed by atoms with E-state index in [0.29, 0.717) is 31.5 Å². The van der Waals surface area contributed by atoms with Crippen molar-refractivity contribution in [3.05, 3.63) is 11.6 Å². The van der Waals surface area contributed by atoms with Crippen molar-refractivity contribution in [2.24, 2.45) is 11.8 Å². The first-order chi connectivity index (χ1) is 16.8. The van der Waals surface area contributed by atoms with Crippen LogP contribution in [0.25, 0.3) is 0 Å². The van der Waals surface area contributed by atoms with Gasteiger partial charge in [-0.1, -0.05) is 40.2 Å². The number of likely N-dealkylation sites (tertiary alicyclic amines) is 2. The van der Waals surface area contributed by atoms with E-state index >= 15 is 0 Å². The van der Waals surface area contributed by atoms with Gasteiger partial charge < -0.3 is 20.2 Å². The molecule has 0 spiro atoms. The number of aliphatic hydroxyl groups excluding tert-OH is 1. The number of hydrogen-bond acceptors (Lipinski definition) is 5. The molecular formula is C28H50N4O4. The molecule has 3 amide bonds. The SMILES string of the molecule is CC(=C[C@H](C(C)C)N(C)C(=O)[C@@H](NC(=O)[C@H]1CCCCN1C(C)C)C(C)C)C(=O)N1CCC(O)CC1. The van der Waals surface area contributed by atoms with Crippen molar-refractivity contribution >= 4 is 17.7 Å². The van der Waals surface area contributed by atoms with Gasteiger partial charge in [0.1, 0.15) is 6.04 Å². The van der Waals surface area contributed by atoms with Crippen molar-refractivity contribution in [2.45, 2.75) is 111 Å². The van der Waals surface area contributed by atoms with E-state index in [0.717, 1.165) is 25.8 Å². The van der Waals surface area contributed by atoms with Crippen molar-refractivity contribution in [1.82, 2.24) is 20.0 Å². The van der Waals surface area contributed by atoms with Crippen molar-refractivity contribution in [2.75, 3.05) is 26.7 Å². The monoisotopic (exact) mass is 506 g/mol. The second-order valence-electron chi connectivity index (χ2n) is 11.6.